The summed E-state index contributed by atoms with van der Waals surface area (Å²) < 4.78 is 11.3. The van der Waals surface area contributed by atoms with E-state index < -0.39 is 10.8 Å². The molecule has 1 atom stereocenters. The second-order valence-electron chi connectivity index (χ2n) is 6.22. The normalized spacial score (nSPS) is 16.5. The van der Waals surface area contributed by atoms with Crippen LogP contribution in [-0.2, 0) is 21.3 Å². The molecule has 2 rings (SSSR count). The molecule has 1 heterocycles. The molecule has 2 amide bonds. The van der Waals surface area contributed by atoms with Crippen LogP contribution >= 0.6 is 0 Å². The number of carbonyl (C=O) groups is 2. The van der Waals surface area contributed by atoms with Gasteiger partial charge in [-0.2, -0.15) is 0 Å². The molecule has 1 aromatic rings. The van der Waals surface area contributed by atoms with Crippen LogP contribution in [0.5, 0.6) is 0 Å². The second-order valence-corrected chi connectivity index (χ2v) is 7.65. The van der Waals surface area contributed by atoms with E-state index in [1.54, 1.807) is 18.4 Å². The molecule has 0 saturated carbocycles. The van der Waals surface area contributed by atoms with Gasteiger partial charge in [-0.1, -0.05) is 18.6 Å². The SMILES string of the molecule is CS(=O)Cc1cccc(C(=O)NCCCN2CCCCCC2=O)c1. The van der Waals surface area contributed by atoms with Crippen LogP contribution in [0, 0.1) is 0 Å². The van der Waals surface area contributed by atoms with Gasteiger partial charge in [0.25, 0.3) is 5.91 Å². The first-order valence-electron chi connectivity index (χ1n) is 8.51. The van der Waals surface area contributed by atoms with Crippen LogP contribution in [0.15, 0.2) is 24.3 Å². The Bertz CT molecular complexity index is 604. The fourth-order valence-electron chi connectivity index (χ4n) is 2.89. The van der Waals surface area contributed by atoms with Gasteiger partial charge >= 0.3 is 0 Å². The Labute approximate surface area is 146 Å². The highest BCUT2D eigenvalue weighted by Crippen LogP contribution is 2.11. The lowest BCUT2D eigenvalue weighted by Gasteiger charge is -2.20. The van der Waals surface area contributed by atoms with Crippen molar-refractivity contribution in [3.05, 3.63) is 35.4 Å². The van der Waals surface area contributed by atoms with Crippen molar-refractivity contribution in [1.29, 1.82) is 0 Å². The lowest BCUT2D eigenvalue weighted by molar-refractivity contribution is -0.130. The third-order valence-electron chi connectivity index (χ3n) is 4.12. The molecule has 1 aliphatic rings. The van der Waals surface area contributed by atoms with Crippen molar-refractivity contribution in [3.8, 4) is 0 Å². The number of amides is 2. The summed E-state index contributed by atoms with van der Waals surface area (Å²) in [6, 6.07) is 7.24. The highest BCUT2D eigenvalue weighted by Gasteiger charge is 2.15. The zero-order valence-electron chi connectivity index (χ0n) is 14.3. The Kier molecular flexibility index (Phi) is 7.43. The average molecular weight is 350 g/mol. The largest absolute Gasteiger partial charge is 0.352 e. The molecule has 1 saturated heterocycles. The van der Waals surface area contributed by atoms with E-state index in [1.807, 2.05) is 17.0 Å². The Balaban J connectivity index is 1.76. The maximum Gasteiger partial charge on any atom is 0.251 e. The molecule has 0 aromatic heterocycles. The molecule has 132 valence electrons. The predicted octanol–water partition coefficient (Wildman–Crippen LogP) is 2.09. The second kappa shape index (κ2) is 9.57. The van der Waals surface area contributed by atoms with Crippen molar-refractivity contribution < 1.29 is 13.8 Å². The maximum atomic E-state index is 12.2. The van der Waals surface area contributed by atoms with Crippen LogP contribution in [0.1, 0.15) is 48.0 Å². The molecule has 0 bridgehead atoms. The lowest BCUT2D eigenvalue weighted by atomic mass is 10.1. The number of nitrogens with one attached hydrogen (secondary N) is 1. The maximum absolute atomic E-state index is 12.2. The Hall–Kier alpha value is -1.69. The topological polar surface area (TPSA) is 66.5 Å². The summed E-state index contributed by atoms with van der Waals surface area (Å²) in [7, 11) is -0.922. The van der Waals surface area contributed by atoms with Gasteiger partial charge in [0.2, 0.25) is 5.91 Å². The van der Waals surface area contributed by atoms with E-state index in [-0.39, 0.29) is 11.8 Å². The summed E-state index contributed by atoms with van der Waals surface area (Å²) in [5.41, 5.74) is 1.49. The van der Waals surface area contributed by atoms with E-state index in [9.17, 15) is 13.8 Å². The highest BCUT2D eigenvalue weighted by atomic mass is 32.2. The van der Waals surface area contributed by atoms with E-state index >= 15 is 0 Å². The average Bonchev–Trinajstić information content (AvgIpc) is 2.75. The number of carbonyl (C=O) groups excluding carboxylic acids is 2. The Morgan fingerprint density at radius 3 is 2.92 bits per heavy atom. The van der Waals surface area contributed by atoms with Crippen molar-refractivity contribution in [2.75, 3.05) is 25.9 Å². The number of nitrogens with zero attached hydrogens (tertiary/aromatic N) is 1. The zero-order chi connectivity index (χ0) is 17.4. The monoisotopic (exact) mass is 350 g/mol. The van der Waals surface area contributed by atoms with Crippen molar-refractivity contribution in [2.45, 2.75) is 37.9 Å². The van der Waals surface area contributed by atoms with Crippen molar-refractivity contribution >= 4 is 22.6 Å². The standard InChI is InChI=1S/C18H26N2O3S/c1-24(23)14-15-7-5-8-16(13-15)18(22)19-10-6-12-20-11-4-2-3-9-17(20)21/h5,7-8,13H,2-4,6,9-12,14H2,1H3,(H,19,22). The molecular formula is C18H26N2O3S. The molecule has 0 aliphatic carbocycles. The molecule has 5 nitrogen and oxygen atoms in total. The number of likely N-dealkylation sites (tertiary alicyclic amines) is 1. The van der Waals surface area contributed by atoms with Gasteiger partial charge in [0, 0.05) is 54.4 Å². The molecule has 1 N–H and O–H groups in total. The summed E-state index contributed by atoms with van der Waals surface area (Å²) in [5.74, 6) is 0.568. The van der Waals surface area contributed by atoms with Gasteiger partial charge < -0.3 is 10.2 Å². The van der Waals surface area contributed by atoms with E-state index in [4.69, 9.17) is 0 Å². The predicted molar refractivity (Wildman–Crippen MR) is 96.2 cm³/mol. The van der Waals surface area contributed by atoms with Gasteiger partial charge in [-0.3, -0.25) is 13.8 Å². The quantitative estimate of drug-likeness (QED) is 0.766. The van der Waals surface area contributed by atoms with E-state index in [1.165, 1.54) is 0 Å². The number of rotatable bonds is 7. The Morgan fingerprint density at radius 1 is 1.29 bits per heavy atom. The number of hydrogen-bond acceptors (Lipinski definition) is 3. The van der Waals surface area contributed by atoms with E-state index in [0.717, 1.165) is 37.8 Å². The summed E-state index contributed by atoms with van der Waals surface area (Å²) in [4.78, 5) is 26.0. The molecule has 1 aliphatic heterocycles. The van der Waals surface area contributed by atoms with Gasteiger partial charge in [-0.05, 0) is 37.0 Å². The van der Waals surface area contributed by atoms with Crippen molar-refractivity contribution in [3.63, 3.8) is 0 Å². The molecule has 6 heteroatoms. The van der Waals surface area contributed by atoms with E-state index in [2.05, 4.69) is 5.32 Å². The molecule has 24 heavy (non-hydrogen) atoms. The van der Waals surface area contributed by atoms with Crippen LogP contribution in [0.4, 0.5) is 0 Å². The van der Waals surface area contributed by atoms with Crippen LogP contribution in [0.3, 0.4) is 0 Å². The molecule has 0 radical (unpaired) electrons. The smallest absolute Gasteiger partial charge is 0.251 e. The first-order chi connectivity index (χ1) is 11.6. The third-order valence-corrected chi connectivity index (χ3v) is 4.86. The van der Waals surface area contributed by atoms with Gasteiger partial charge in [-0.15, -0.1) is 0 Å². The minimum absolute atomic E-state index is 0.124. The number of benzene rings is 1. The van der Waals surface area contributed by atoms with Crippen LogP contribution in [0.2, 0.25) is 0 Å². The molecule has 1 aromatic carbocycles. The summed E-state index contributed by atoms with van der Waals surface area (Å²) in [5, 5.41) is 2.90. The summed E-state index contributed by atoms with van der Waals surface area (Å²) in [6.07, 6.45) is 6.25. The molecule has 0 spiro atoms. The van der Waals surface area contributed by atoms with Gasteiger partial charge in [0.05, 0.1) is 0 Å². The first kappa shape index (κ1) is 18.6. The third kappa shape index (κ3) is 6.07. The van der Waals surface area contributed by atoms with Gasteiger partial charge in [-0.25, -0.2) is 0 Å². The van der Waals surface area contributed by atoms with Gasteiger partial charge in [0.15, 0.2) is 0 Å². The minimum atomic E-state index is -0.922. The summed E-state index contributed by atoms with van der Waals surface area (Å²) in [6.45, 7) is 2.09. The molecule has 1 fully saturated rings. The molecular weight excluding hydrogens is 324 g/mol. The minimum Gasteiger partial charge on any atom is -0.352 e. The van der Waals surface area contributed by atoms with Gasteiger partial charge in [0.1, 0.15) is 0 Å². The van der Waals surface area contributed by atoms with Crippen LogP contribution < -0.4 is 5.32 Å². The lowest BCUT2D eigenvalue weighted by Crippen LogP contribution is -2.34. The van der Waals surface area contributed by atoms with Crippen molar-refractivity contribution in [1.82, 2.24) is 10.2 Å². The van der Waals surface area contributed by atoms with Crippen molar-refractivity contribution in [2.24, 2.45) is 0 Å². The highest BCUT2D eigenvalue weighted by molar-refractivity contribution is 7.83. The van der Waals surface area contributed by atoms with E-state index in [0.29, 0.717) is 30.8 Å². The summed E-state index contributed by atoms with van der Waals surface area (Å²) >= 11 is 0. The molecule has 1 unspecified atom stereocenters. The zero-order valence-corrected chi connectivity index (χ0v) is 15.1. The first-order valence-corrected chi connectivity index (χ1v) is 10.2. The number of hydrogen-bond donors (Lipinski definition) is 1. The Morgan fingerprint density at radius 2 is 2.12 bits per heavy atom. The van der Waals surface area contributed by atoms with Crippen LogP contribution in [-0.4, -0.2) is 46.8 Å². The van der Waals surface area contributed by atoms with Crippen LogP contribution in [0.25, 0.3) is 0 Å². The fraction of sp³-hybridized carbons (Fsp3) is 0.556. The fourth-order valence-corrected chi connectivity index (χ4v) is 3.53.